The molecule has 145 valence electrons. The van der Waals surface area contributed by atoms with E-state index in [2.05, 4.69) is 6.92 Å². The van der Waals surface area contributed by atoms with Gasteiger partial charge in [-0.05, 0) is 6.42 Å². The van der Waals surface area contributed by atoms with Crippen molar-refractivity contribution in [1.82, 2.24) is 0 Å². The van der Waals surface area contributed by atoms with E-state index in [1.807, 2.05) is 0 Å². The Hall–Kier alpha value is 2.05. The van der Waals surface area contributed by atoms with Crippen LogP contribution in [0.4, 0.5) is 0 Å². The molecule has 0 saturated carbocycles. The first kappa shape index (κ1) is 32.7. The number of unbranched alkanes of at least 4 members (excludes halogenated alkanes) is 14. The predicted molar refractivity (Wildman–Crippen MR) is 95.2 cm³/mol. The molecule has 0 amide bonds. The summed E-state index contributed by atoms with van der Waals surface area (Å²) >= 11 is 0. The molecular weight excluding hydrogens is 508 g/mol. The van der Waals surface area contributed by atoms with E-state index < -0.39 is 5.97 Å². The second-order valence-corrected chi connectivity index (χ2v) is 6.09. The molecule has 0 aromatic heterocycles. The fraction of sp³-hybridized carbons (Fsp3) is 0.944. The van der Waals surface area contributed by atoms with Crippen LogP contribution in [0.5, 0.6) is 0 Å². The van der Waals surface area contributed by atoms with Crippen molar-refractivity contribution in [3.8, 4) is 0 Å². The second kappa shape index (κ2) is 28.8. The van der Waals surface area contributed by atoms with Crippen LogP contribution in [0.1, 0.15) is 113 Å². The van der Waals surface area contributed by atoms with Gasteiger partial charge in [0.05, 0.1) is 0 Å². The summed E-state index contributed by atoms with van der Waals surface area (Å²) in [4.78, 5) is 10.3. The molecule has 23 heavy (non-hydrogen) atoms. The molecule has 2 nitrogen and oxygen atoms in total. The number of rotatable bonds is 16. The third-order valence-corrected chi connectivity index (χ3v) is 3.99. The average molecular weight is 546 g/mol. The molecule has 5 heteroatoms. The molecule has 0 atom stereocenters. The van der Waals surface area contributed by atoms with Gasteiger partial charge in [0.25, 0.3) is 0 Å². The topological polar surface area (TPSA) is 37.3 Å². The number of carboxylic acid groups (broad SMARTS) is 1. The van der Waals surface area contributed by atoms with Crippen molar-refractivity contribution in [2.45, 2.75) is 110 Å². The smallest absolute Gasteiger partial charge is 1.00 e. The molecule has 0 aromatic rings. The third-order valence-electron chi connectivity index (χ3n) is 3.99. The van der Waals surface area contributed by atoms with Crippen molar-refractivity contribution in [3.63, 3.8) is 0 Å². The van der Waals surface area contributed by atoms with Gasteiger partial charge < -0.3 is 7.96 Å². The van der Waals surface area contributed by atoms with Crippen molar-refractivity contribution in [1.29, 1.82) is 0 Å². The van der Waals surface area contributed by atoms with Crippen LogP contribution in [0.25, 0.3) is 0 Å². The summed E-state index contributed by atoms with van der Waals surface area (Å²) in [6, 6.07) is 0. The number of hydrogen-bond donors (Lipinski definition) is 1. The molecule has 0 aliphatic heterocycles. The molecule has 1 radical (unpaired) electrons. The second-order valence-electron chi connectivity index (χ2n) is 6.09. The van der Waals surface area contributed by atoms with Gasteiger partial charge in [0.2, 0.25) is 0 Å². The molecule has 0 aromatic carbocycles. The summed E-state index contributed by atoms with van der Waals surface area (Å²) in [6.07, 6.45) is 20.2. The Bertz CT molecular complexity index is 229. The van der Waals surface area contributed by atoms with Crippen molar-refractivity contribution in [3.05, 3.63) is 0 Å². The van der Waals surface area contributed by atoms with Crippen molar-refractivity contribution >= 4 is 54.9 Å². The summed E-state index contributed by atoms with van der Waals surface area (Å²) in [5.41, 5.74) is 0. The van der Waals surface area contributed by atoms with E-state index in [0.29, 0.717) is 6.42 Å². The Morgan fingerprint density at radius 1 is 0.696 bits per heavy atom. The van der Waals surface area contributed by atoms with Crippen LogP contribution in [0.15, 0.2) is 0 Å². The molecule has 0 heterocycles. The van der Waals surface area contributed by atoms with E-state index >= 15 is 0 Å². The van der Waals surface area contributed by atoms with Gasteiger partial charge in [-0.15, -0.1) is 0 Å². The fourth-order valence-corrected chi connectivity index (χ4v) is 2.65. The largest absolute Gasteiger partial charge is 2.00 e. The molecule has 0 aliphatic rings. The normalized spacial score (nSPS) is 9.43. The van der Waals surface area contributed by atoms with Gasteiger partial charge in [-0.1, -0.05) is 96.8 Å². The minimum atomic E-state index is -0.653. The Morgan fingerprint density at radius 2 is 0.957 bits per heavy atom. The quantitative estimate of drug-likeness (QED) is 0.186. The van der Waals surface area contributed by atoms with Crippen LogP contribution in [0, 0.1) is 0 Å². The molecule has 0 bridgehead atoms. The van der Waals surface area contributed by atoms with Crippen LogP contribution < -0.4 is 0 Å². The minimum Gasteiger partial charge on any atom is -1.00 e. The van der Waals surface area contributed by atoms with E-state index in [9.17, 15) is 4.79 Å². The molecule has 0 fully saturated rings. The monoisotopic (exact) mass is 545 g/mol. The predicted octanol–water partition coefficient (Wildman–Crippen LogP) is 6.17. The van der Waals surface area contributed by atoms with Crippen LogP contribution in [-0.4, -0.2) is 60.0 Å². The summed E-state index contributed by atoms with van der Waals surface area (Å²) in [6.45, 7) is 2.27. The summed E-state index contributed by atoms with van der Waals surface area (Å²) in [5.74, 6) is -0.653. The molecular formula is C18H38BaCuNiO2. The van der Waals surface area contributed by atoms with Crippen LogP contribution in [-0.2, 0) is 38.4 Å². The molecule has 0 spiro atoms. The van der Waals surface area contributed by atoms with Crippen LogP contribution >= 0.6 is 0 Å². The zero-order valence-electron chi connectivity index (χ0n) is 17.0. The van der Waals surface area contributed by atoms with Crippen LogP contribution in [0.2, 0.25) is 0 Å². The maximum absolute atomic E-state index is 10.3. The maximum atomic E-state index is 10.3. The van der Waals surface area contributed by atoms with E-state index in [-0.39, 0.29) is 85.3 Å². The molecule has 0 rings (SSSR count). The number of hydrogen-bond acceptors (Lipinski definition) is 1. The Morgan fingerprint density at radius 3 is 1.22 bits per heavy atom. The van der Waals surface area contributed by atoms with Gasteiger partial charge in [-0.3, -0.25) is 4.79 Å². The van der Waals surface area contributed by atoms with E-state index in [1.54, 1.807) is 0 Å². The standard InChI is InChI=1S/C18H36O2.Ba.Cu.Ni.2H/c1-2-3-4-5-6-7-8-9-10-11-12-13-14-15-16-17-18(19)20;;;;;/h2-17H2,1H3,(H,19,20);;;;;/q;+2;;;2*-1. The third kappa shape index (κ3) is 32.2. The number of carbonyl (C=O) groups is 1. The Kier molecular flexibility index (Phi) is 41.0. The van der Waals surface area contributed by atoms with Gasteiger partial charge in [-0.2, -0.15) is 0 Å². The summed E-state index contributed by atoms with van der Waals surface area (Å²) < 4.78 is 0. The molecule has 1 N–H and O–H groups in total. The van der Waals surface area contributed by atoms with Gasteiger partial charge >= 0.3 is 54.9 Å². The van der Waals surface area contributed by atoms with Crippen molar-refractivity contribution < 1.29 is 46.3 Å². The maximum Gasteiger partial charge on any atom is 2.00 e. The minimum absolute atomic E-state index is 0. The molecule has 0 aliphatic carbocycles. The van der Waals surface area contributed by atoms with E-state index in [4.69, 9.17) is 5.11 Å². The van der Waals surface area contributed by atoms with Gasteiger partial charge in [0, 0.05) is 40.0 Å². The summed E-state index contributed by atoms with van der Waals surface area (Å²) in [7, 11) is 0. The van der Waals surface area contributed by atoms with Crippen molar-refractivity contribution in [2.75, 3.05) is 0 Å². The SMILES string of the molecule is CCCCCCCCCCCCCCCCCC(=O)O.[Ba+2].[Cu].[H-].[H-].[Ni]. The zero-order valence-corrected chi connectivity index (χ0v) is 21.4. The Balaban J connectivity index is -0.000000180. The van der Waals surface area contributed by atoms with Crippen LogP contribution in [0.3, 0.4) is 0 Å². The van der Waals surface area contributed by atoms with Gasteiger partial charge in [0.1, 0.15) is 0 Å². The first-order valence-electron chi connectivity index (χ1n) is 8.99. The van der Waals surface area contributed by atoms with Gasteiger partial charge in [0.15, 0.2) is 0 Å². The van der Waals surface area contributed by atoms with Crippen molar-refractivity contribution in [2.24, 2.45) is 0 Å². The first-order chi connectivity index (χ1) is 9.77. The fourth-order valence-electron chi connectivity index (χ4n) is 2.65. The zero-order chi connectivity index (χ0) is 14.9. The average Bonchev–Trinajstić information content (AvgIpc) is 2.43. The first-order valence-corrected chi connectivity index (χ1v) is 8.99. The number of carboxylic acids is 1. The van der Waals surface area contributed by atoms with Gasteiger partial charge in [-0.25, -0.2) is 0 Å². The molecule has 0 unspecified atom stereocenters. The Labute approximate surface area is 208 Å². The van der Waals surface area contributed by atoms with E-state index in [0.717, 1.165) is 12.8 Å². The molecule has 0 saturated heterocycles. The number of aliphatic carboxylic acids is 1. The van der Waals surface area contributed by atoms with E-state index in [1.165, 1.54) is 83.5 Å². The summed E-state index contributed by atoms with van der Waals surface area (Å²) in [5, 5.41) is 8.52.